The second-order valence-corrected chi connectivity index (χ2v) is 7.71. The van der Waals surface area contributed by atoms with Crippen molar-refractivity contribution in [2.24, 2.45) is 0 Å². The zero-order valence-electron chi connectivity index (χ0n) is 14.5. The van der Waals surface area contributed by atoms with Crippen molar-refractivity contribution in [2.75, 3.05) is 5.32 Å². The van der Waals surface area contributed by atoms with Gasteiger partial charge in [0.1, 0.15) is 5.65 Å². The molecule has 0 spiro atoms. The first-order valence-corrected chi connectivity index (χ1v) is 9.45. The fourth-order valence-corrected chi connectivity index (χ4v) is 3.47. The zero-order valence-corrected chi connectivity index (χ0v) is 15.3. The van der Waals surface area contributed by atoms with Gasteiger partial charge in [0, 0.05) is 25.0 Å². The number of carbonyl (C=O) groups excluding carboxylic acids is 1. The molecular formula is C17H15F3N4O3S. The van der Waals surface area contributed by atoms with Gasteiger partial charge in [-0.2, -0.15) is 13.2 Å². The summed E-state index contributed by atoms with van der Waals surface area (Å²) in [6, 6.07) is 7.66. The molecule has 3 rings (SSSR count). The Balaban J connectivity index is 1.74. The molecule has 2 N–H and O–H groups in total. The number of hydrogen-bond donors (Lipinski definition) is 2. The Morgan fingerprint density at radius 1 is 1.11 bits per heavy atom. The first-order chi connectivity index (χ1) is 13.0. The van der Waals surface area contributed by atoms with Crippen LogP contribution in [-0.2, 0) is 27.5 Å². The molecule has 0 saturated heterocycles. The Labute approximate surface area is 158 Å². The summed E-state index contributed by atoms with van der Waals surface area (Å²) in [6.45, 7) is 1.14. The standard InChI is InChI=1S/C17H15F3N4O3S/c1-11(25)22-13-3-5-15(6-4-13)28(26,27)21-8-14-10-24-9-12(17(18,19)20)2-7-16(24)23-14/h2-7,9-10,21H,8H2,1H3,(H,22,25). The Bertz CT molecular complexity index is 1120. The summed E-state index contributed by atoms with van der Waals surface area (Å²) in [6.07, 6.45) is -2.27. The molecule has 2 aromatic heterocycles. The second kappa shape index (κ2) is 7.24. The quantitative estimate of drug-likeness (QED) is 0.674. The number of hydrogen-bond acceptors (Lipinski definition) is 4. The van der Waals surface area contributed by atoms with Crippen LogP contribution in [0.3, 0.4) is 0 Å². The Hall–Kier alpha value is -2.92. The van der Waals surface area contributed by atoms with Crippen LogP contribution in [0.1, 0.15) is 18.2 Å². The van der Waals surface area contributed by atoms with E-state index in [1.54, 1.807) is 0 Å². The van der Waals surface area contributed by atoms with Crippen molar-refractivity contribution in [3.05, 3.63) is 60.0 Å². The molecule has 0 bridgehead atoms. The number of anilines is 1. The summed E-state index contributed by atoms with van der Waals surface area (Å²) in [5, 5.41) is 2.52. The van der Waals surface area contributed by atoms with E-state index in [1.807, 2.05) is 0 Å². The van der Waals surface area contributed by atoms with Crippen molar-refractivity contribution in [3.8, 4) is 0 Å². The predicted octanol–water partition coefficient (Wildman–Crippen LogP) is 2.79. The lowest BCUT2D eigenvalue weighted by molar-refractivity contribution is -0.137. The number of pyridine rings is 1. The van der Waals surface area contributed by atoms with Crippen LogP contribution in [-0.4, -0.2) is 23.7 Å². The molecule has 0 fully saturated rings. The number of benzene rings is 1. The maximum Gasteiger partial charge on any atom is 0.417 e. The lowest BCUT2D eigenvalue weighted by Gasteiger charge is -2.07. The highest BCUT2D eigenvalue weighted by atomic mass is 32.2. The Kier molecular flexibility index (Phi) is 5.13. The number of nitrogens with one attached hydrogen (secondary N) is 2. The zero-order chi connectivity index (χ0) is 20.5. The monoisotopic (exact) mass is 412 g/mol. The third kappa shape index (κ3) is 4.49. The van der Waals surface area contributed by atoms with E-state index in [1.165, 1.54) is 47.9 Å². The number of fused-ring (bicyclic) bond motifs is 1. The van der Waals surface area contributed by atoms with E-state index in [-0.39, 0.29) is 28.7 Å². The highest BCUT2D eigenvalue weighted by Gasteiger charge is 2.30. The van der Waals surface area contributed by atoms with Gasteiger partial charge in [-0.05, 0) is 36.4 Å². The first kappa shape index (κ1) is 19.8. The molecule has 1 aromatic carbocycles. The van der Waals surface area contributed by atoms with Crippen LogP contribution in [0.2, 0.25) is 0 Å². The van der Waals surface area contributed by atoms with Gasteiger partial charge in [0.15, 0.2) is 0 Å². The maximum absolute atomic E-state index is 12.8. The van der Waals surface area contributed by atoms with Gasteiger partial charge < -0.3 is 9.72 Å². The summed E-state index contributed by atoms with van der Waals surface area (Å²) in [4.78, 5) is 15.1. The molecule has 0 atom stereocenters. The summed E-state index contributed by atoms with van der Waals surface area (Å²) in [5.41, 5.74) is 0.149. The average Bonchev–Trinajstić information content (AvgIpc) is 3.01. The van der Waals surface area contributed by atoms with E-state index in [0.717, 1.165) is 12.3 Å². The van der Waals surface area contributed by atoms with Gasteiger partial charge in [-0.1, -0.05) is 0 Å². The van der Waals surface area contributed by atoms with E-state index in [4.69, 9.17) is 0 Å². The molecule has 148 valence electrons. The molecule has 0 aliphatic rings. The van der Waals surface area contributed by atoms with E-state index >= 15 is 0 Å². The average molecular weight is 412 g/mol. The van der Waals surface area contributed by atoms with E-state index in [2.05, 4.69) is 15.0 Å². The van der Waals surface area contributed by atoms with E-state index < -0.39 is 21.8 Å². The van der Waals surface area contributed by atoms with Crippen molar-refractivity contribution in [3.63, 3.8) is 0 Å². The molecule has 0 aliphatic carbocycles. The second-order valence-electron chi connectivity index (χ2n) is 5.94. The smallest absolute Gasteiger partial charge is 0.326 e. The minimum Gasteiger partial charge on any atom is -0.326 e. The van der Waals surface area contributed by atoms with Crippen LogP contribution < -0.4 is 10.0 Å². The minimum atomic E-state index is -4.48. The van der Waals surface area contributed by atoms with Crippen LogP contribution >= 0.6 is 0 Å². The molecule has 11 heteroatoms. The van der Waals surface area contributed by atoms with E-state index in [0.29, 0.717) is 5.69 Å². The van der Waals surface area contributed by atoms with Gasteiger partial charge in [0.25, 0.3) is 0 Å². The number of carbonyl (C=O) groups is 1. The molecule has 0 unspecified atom stereocenters. The minimum absolute atomic E-state index is 0.0234. The largest absolute Gasteiger partial charge is 0.417 e. The highest BCUT2D eigenvalue weighted by molar-refractivity contribution is 7.89. The van der Waals surface area contributed by atoms with Gasteiger partial charge in [-0.25, -0.2) is 18.1 Å². The molecule has 0 aliphatic heterocycles. The summed E-state index contributed by atoms with van der Waals surface area (Å²) < 4.78 is 66.5. The van der Waals surface area contributed by atoms with Crippen molar-refractivity contribution in [1.82, 2.24) is 14.1 Å². The molecule has 2 heterocycles. The number of aromatic nitrogens is 2. The van der Waals surface area contributed by atoms with Gasteiger partial charge in [-0.3, -0.25) is 4.79 Å². The Morgan fingerprint density at radius 2 is 1.79 bits per heavy atom. The maximum atomic E-state index is 12.8. The topological polar surface area (TPSA) is 92.6 Å². The van der Waals surface area contributed by atoms with Gasteiger partial charge in [0.05, 0.1) is 22.7 Å². The van der Waals surface area contributed by atoms with Gasteiger partial charge in [0.2, 0.25) is 15.9 Å². The third-order valence-electron chi connectivity index (χ3n) is 3.76. The first-order valence-electron chi connectivity index (χ1n) is 7.97. The fourth-order valence-electron chi connectivity index (χ4n) is 2.47. The number of sulfonamides is 1. The predicted molar refractivity (Wildman–Crippen MR) is 95.0 cm³/mol. The van der Waals surface area contributed by atoms with Crippen LogP contribution in [0.5, 0.6) is 0 Å². The highest BCUT2D eigenvalue weighted by Crippen LogP contribution is 2.29. The third-order valence-corrected chi connectivity index (χ3v) is 5.17. The van der Waals surface area contributed by atoms with E-state index in [9.17, 15) is 26.4 Å². The molecule has 1 amide bonds. The van der Waals surface area contributed by atoms with Gasteiger partial charge in [-0.15, -0.1) is 0 Å². The number of rotatable bonds is 5. The van der Waals surface area contributed by atoms with Gasteiger partial charge >= 0.3 is 6.18 Å². The van der Waals surface area contributed by atoms with Crippen LogP contribution in [0, 0.1) is 0 Å². The van der Waals surface area contributed by atoms with Crippen LogP contribution in [0.4, 0.5) is 18.9 Å². The van der Waals surface area contributed by atoms with Crippen molar-refractivity contribution in [1.29, 1.82) is 0 Å². The number of amides is 1. The molecular weight excluding hydrogens is 397 g/mol. The summed E-state index contributed by atoms with van der Waals surface area (Å²) in [7, 11) is -3.86. The van der Waals surface area contributed by atoms with Crippen LogP contribution in [0.15, 0.2) is 53.7 Å². The molecule has 0 radical (unpaired) electrons. The number of nitrogens with zero attached hydrogens (tertiary/aromatic N) is 2. The molecule has 28 heavy (non-hydrogen) atoms. The SMILES string of the molecule is CC(=O)Nc1ccc(S(=O)(=O)NCc2cn3cc(C(F)(F)F)ccc3n2)cc1. The number of alkyl halides is 3. The summed E-state index contributed by atoms with van der Waals surface area (Å²) >= 11 is 0. The molecule has 7 nitrogen and oxygen atoms in total. The molecule has 0 saturated carbocycles. The number of imidazole rings is 1. The normalized spacial score (nSPS) is 12.3. The molecule has 3 aromatic rings. The van der Waals surface area contributed by atoms with Crippen molar-refractivity contribution in [2.45, 2.75) is 24.5 Å². The lowest BCUT2D eigenvalue weighted by atomic mass is 10.3. The number of halogens is 3. The van der Waals surface area contributed by atoms with Crippen molar-refractivity contribution < 1.29 is 26.4 Å². The lowest BCUT2D eigenvalue weighted by Crippen LogP contribution is -2.23. The fraction of sp³-hybridized carbons (Fsp3) is 0.176. The van der Waals surface area contributed by atoms with Crippen molar-refractivity contribution >= 4 is 27.3 Å². The van der Waals surface area contributed by atoms with Crippen LogP contribution in [0.25, 0.3) is 5.65 Å². The Morgan fingerprint density at radius 3 is 2.39 bits per heavy atom. The summed E-state index contributed by atoms with van der Waals surface area (Å²) in [5.74, 6) is -0.283.